The molecule has 0 saturated carbocycles. The van der Waals surface area contributed by atoms with Crippen LogP contribution in [-0.4, -0.2) is 29.3 Å². The molecule has 0 aliphatic carbocycles. The zero-order valence-electron chi connectivity index (χ0n) is 17.8. The first-order valence-electron chi connectivity index (χ1n) is 10.2. The molecule has 0 heterocycles. The average Bonchev–Trinajstić information content (AvgIpc) is 2.70. The molecule has 0 spiro atoms. The molecule has 2 aromatic carbocycles. The number of aryl methyl sites for hydroxylation is 2. The lowest BCUT2D eigenvalue weighted by molar-refractivity contribution is -0.140. The van der Waals surface area contributed by atoms with Crippen LogP contribution in [0.15, 0.2) is 42.5 Å². The fraction of sp³-hybridized carbons (Fsp3) is 0.417. The number of hydrogen-bond acceptors (Lipinski definition) is 2. The zero-order chi connectivity index (χ0) is 21.4. The van der Waals surface area contributed by atoms with Gasteiger partial charge >= 0.3 is 0 Å². The third-order valence-electron chi connectivity index (χ3n) is 5.05. The minimum absolute atomic E-state index is 0.0489. The van der Waals surface area contributed by atoms with Gasteiger partial charge in [0.2, 0.25) is 11.8 Å². The molecule has 2 rings (SSSR count). The van der Waals surface area contributed by atoms with Gasteiger partial charge in [0.05, 0.1) is 6.42 Å². The molecule has 0 aliphatic heterocycles. The van der Waals surface area contributed by atoms with Crippen LogP contribution in [0.2, 0.25) is 5.02 Å². The Labute approximate surface area is 179 Å². The van der Waals surface area contributed by atoms with Crippen LogP contribution in [0.5, 0.6) is 0 Å². The molecule has 5 heteroatoms. The van der Waals surface area contributed by atoms with E-state index in [-0.39, 0.29) is 18.2 Å². The first-order chi connectivity index (χ1) is 13.8. The van der Waals surface area contributed by atoms with E-state index < -0.39 is 6.04 Å². The van der Waals surface area contributed by atoms with Gasteiger partial charge in [-0.2, -0.15) is 0 Å². The van der Waals surface area contributed by atoms with Crippen molar-refractivity contribution < 1.29 is 9.59 Å². The first kappa shape index (κ1) is 23.0. The lowest BCUT2D eigenvalue weighted by Crippen LogP contribution is -2.49. The second kappa shape index (κ2) is 11.0. The molecular weight excluding hydrogens is 384 g/mol. The highest BCUT2D eigenvalue weighted by Crippen LogP contribution is 2.18. The summed E-state index contributed by atoms with van der Waals surface area (Å²) in [6.07, 6.45) is 1.69. The van der Waals surface area contributed by atoms with Crippen molar-refractivity contribution >= 4 is 23.4 Å². The number of hydrogen-bond donors (Lipinski definition) is 1. The molecule has 0 aromatic heterocycles. The third kappa shape index (κ3) is 6.60. The van der Waals surface area contributed by atoms with Crippen molar-refractivity contribution in [2.45, 2.75) is 59.5 Å². The molecule has 0 fully saturated rings. The Morgan fingerprint density at radius 1 is 1.07 bits per heavy atom. The number of benzene rings is 2. The number of carbonyl (C=O) groups is 2. The van der Waals surface area contributed by atoms with Gasteiger partial charge in [-0.05, 0) is 55.5 Å². The Morgan fingerprint density at radius 3 is 2.38 bits per heavy atom. The number of amides is 2. The van der Waals surface area contributed by atoms with Crippen LogP contribution in [0, 0.1) is 13.8 Å². The highest BCUT2D eigenvalue weighted by atomic mass is 35.5. The highest BCUT2D eigenvalue weighted by Gasteiger charge is 2.28. The van der Waals surface area contributed by atoms with Crippen molar-refractivity contribution in [2.24, 2.45) is 0 Å². The van der Waals surface area contributed by atoms with Crippen LogP contribution in [0.25, 0.3) is 0 Å². The van der Waals surface area contributed by atoms with Crippen LogP contribution in [0.1, 0.15) is 48.9 Å². The van der Waals surface area contributed by atoms with Gasteiger partial charge in [-0.1, -0.05) is 61.3 Å². The van der Waals surface area contributed by atoms with Crippen molar-refractivity contribution in [2.75, 3.05) is 6.54 Å². The van der Waals surface area contributed by atoms with Gasteiger partial charge in [-0.3, -0.25) is 9.59 Å². The second-order valence-corrected chi connectivity index (χ2v) is 7.91. The normalized spacial score (nSPS) is 11.8. The van der Waals surface area contributed by atoms with Crippen LogP contribution in [0.3, 0.4) is 0 Å². The summed E-state index contributed by atoms with van der Waals surface area (Å²) in [6, 6.07) is 13.0. The summed E-state index contributed by atoms with van der Waals surface area (Å²) in [6.45, 7) is 8.96. The van der Waals surface area contributed by atoms with Gasteiger partial charge in [0.1, 0.15) is 6.04 Å². The standard InChI is InChI=1S/C24H31ClN2O2/c1-5-13-26-24(29)22(6-2)27(16-19-9-11-21(25)12-10-19)23(28)15-20-14-17(3)7-8-18(20)4/h7-12,14,22H,5-6,13,15-16H2,1-4H3,(H,26,29). The number of nitrogens with zero attached hydrogens (tertiary/aromatic N) is 1. The van der Waals surface area contributed by atoms with Gasteiger partial charge in [0.15, 0.2) is 0 Å². The number of carbonyl (C=O) groups excluding carboxylic acids is 2. The van der Waals surface area contributed by atoms with Gasteiger partial charge in [-0.15, -0.1) is 0 Å². The largest absolute Gasteiger partial charge is 0.354 e. The Morgan fingerprint density at radius 2 is 1.76 bits per heavy atom. The first-order valence-corrected chi connectivity index (χ1v) is 10.6. The number of rotatable bonds is 9. The van der Waals surface area contributed by atoms with E-state index in [1.807, 2.05) is 70.2 Å². The van der Waals surface area contributed by atoms with Crippen molar-refractivity contribution in [3.05, 3.63) is 69.7 Å². The SMILES string of the molecule is CCCNC(=O)C(CC)N(Cc1ccc(Cl)cc1)C(=O)Cc1cc(C)ccc1C. The van der Waals surface area contributed by atoms with E-state index in [1.165, 1.54) is 0 Å². The molecule has 2 aromatic rings. The quantitative estimate of drug-likeness (QED) is 0.638. The van der Waals surface area contributed by atoms with E-state index in [0.29, 0.717) is 24.5 Å². The van der Waals surface area contributed by atoms with Gasteiger partial charge in [0.25, 0.3) is 0 Å². The Bertz CT molecular complexity index is 833. The molecule has 0 bridgehead atoms. The topological polar surface area (TPSA) is 49.4 Å². The molecule has 0 radical (unpaired) electrons. The van der Waals surface area contributed by atoms with Crippen LogP contribution in [-0.2, 0) is 22.6 Å². The number of nitrogens with one attached hydrogen (secondary N) is 1. The Balaban J connectivity index is 2.30. The van der Waals surface area contributed by atoms with Gasteiger partial charge in [0, 0.05) is 18.1 Å². The molecule has 29 heavy (non-hydrogen) atoms. The summed E-state index contributed by atoms with van der Waals surface area (Å²) in [5.41, 5.74) is 4.15. The van der Waals surface area contributed by atoms with Crippen molar-refractivity contribution in [1.82, 2.24) is 10.2 Å². The smallest absolute Gasteiger partial charge is 0.242 e. The van der Waals surface area contributed by atoms with E-state index in [0.717, 1.165) is 28.7 Å². The number of halogens is 1. The summed E-state index contributed by atoms with van der Waals surface area (Å²) >= 11 is 6.00. The van der Waals surface area contributed by atoms with E-state index in [4.69, 9.17) is 11.6 Å². The monoisotopic (exact) mass is 414 g/mol. The lowest BCUT2D eigenvalue weighted by Gasteiger charge is -2.31. The fourth-order valence-electron chi connectivity index (χ4n) is 3.33. The van der Waals surface area contributed by atoms with E-state index >= 15 is 0 Å². The maximum atomic E-state index is 13.3. The maximum absolute atomic E-state index is 13.3. The maximum Gasteiger partial charge on any atom is 0.242 e. The third-order valence-corrected chi connectivity index (χ3v) is 5.30. The van der Waals surface area contributed by atoms with E-state index in [9.17, 15) is 9.59 Å². The highest BCUT2D eigenvalue weighted by molar-refractivity contribution is 6.30. The van der Waals surface area contributed by atoms with Gasteiger partial charge < -0.3 is 10.2 Å². The summed E-state index contributed by atoms with van der Waals surface area (Å²) in [5.74, 6) is -0.148. The molecule has 2 amide bonds. The zero-order valence-corrected chi connectivity index (χ0v) is 18.6. The molecule has 156 valence electrons. The second-order valence-electron chi connectivity index (χ2n) is 7.47. The molecule has 0 saturated heterocycles. The van der Waals surface area contributed by atoms with Crippen molar-refractivity contribution in [1.29, 1.82) is 0 Å². The van der Waals surface area contributed by atoms with Crippen molar-refractivity contribution in [3.63, 3.8) is 0 Å². The summed E-state index contributed by atoms with van der Waals surface area (Å²) in [7, 11) is 0. The lowest BCUT2D eigenvalue weighted by atomic mass is 10.0. The summed E-state index contributed by atoms with van der Waals surface area (Å²) < 4.78 is 0. The minimum atomic E-state index is -0.505. The van der Waals surface area contributed by atoms with Crippen LogP contribution in [0.4, 0.5) is 0 Å². The minimum Gasteiger partial charge on any atom is -0.354 e. The fourth-order valence-corrected chi connectivity index (χ4v) is 3.45. The van der Waals surface area contributed by atoms with E-state index in [2.05, 4.69) is 5.32 Å². The summed E-state index contributed by atoms with van der Waals surface area (Å²) in [5, 5.41) is 3.59. The molecular formula is C24H31ClN2O2. The van der Waals surface area contributed by atoms with Gasteiger partial charge in [-0.25, -0.2) is 0 Å². The molecule has 1 atom stereocenters. The molecule has 4 nitrogen and oxygen atoms in total. The predicted octanol–water partition coefficient (Wildman–Crippen LogP) is 4.83. The molecule has 0 aliphatic rings. The van der Waals surface area contributed by atoms with Crippen LogP contribution >= 0.6 is 11.6 Å². The molecule has 1 unspecified atom stereocenters. The Hall–Kier alpha value is -2.33. The molecule has 1 N–H and O–H groups in total. The van der Waals surface area contributed by atoms with Crippen LogP contribution < -0.4 is 5.32 Å². The predicted molar refractivity (Wildman–Crippen MR) is 119 cm³/mol. The van der Waals surface area contributed by atoms with E-state index in [1.54, 1.807) is 4.90 Å². The van der Waals surface area contributed by atoms with Crippen molar-refractivity contribution in [3.8, 4) is 0 Å². The summed E-state index contributed by atoms with van der Waals surface area (Å²) in [4.78, 5) is 27.8. The Kier molecular flexibility index (Phi) is 8.71. The average molecular weight is 415 g/mol.